The van der Waals surface area contributed by atoms with Crippen molar-refractivity contribution in [1.29, 1.82) is 0 Å². The standard InChI is InChI=1S/C14H23BrN2O/c1-4-18-14-7-6-13(15)10-12(14)11-16-8-5-9-17(2)3/h6-7,10,16H,4-5,8-9,11H2,1-3H3. The minimum Gasteiger partial charge on any atom is -0.494 e. The van der Waals surface area contributed by atoms with E-state index in [0.717, 1.165) is 36.3 Å². The number of rotatable bonds is 8. The molecule has 1 aromatic rings. The highest BCUT2D eigenvalue weighted by molar-refractivity contribution is 9.10. The summed E-state index contributed by atoms with van der Waals surface area (Å²) in [6.07, 6.45) is 1.16. The molecule has 0 saturated heterocycles. The van der Waals surface area contributed by atoms with Gasteiger partial charge in [-0.15, -0.1) is 0 Å². The van der Waals surface area contributed by atoms with E-state index < -0.39 is 0 Å². The maximum atomic E-state index is 5.62. The van der Waals surface area contributed by atoms with Gasteiger partial charge in [0.2, 0.25) is 0 Å². The number of nitrogens with zero attached hydrogens (tertiary/aromatic N) is 1. The van der Waals surface area contributed by atoms with E-state index in [4.69, 9.17) is 4.74 Å². The van der Waals surface area contributed by atoms with Gasteiger partial charge in [-0.05, 0) is 58.7 Å². The number of nitrogens with one attached hydrogen (secondary N) is 1. The Hall–Kier alpha value is -0.580. The van der Waals surface area contributed by atoms with Crippen LogP contribution in [0.4, 0.5) is 0 Å². The molecule has 1 rings (SSSR count). The predicted octanol–water partition coefficient (Wildman–Crippen LogP) is 2.89. The van der Waals surface area contributed by atoms with Gasteiger partial charge in [0, 0.05) is 16.6 Å². The van der Waals surface area contributed by atoms with Crippen LogP contribution in [0.15, 0.2) is 22.7 Å². The van der Waals surface area contributed by atoms with E-state index >= 15 is 0 Å². The van der Waals surface area contributed by atoms with Crippen molar-refractivity contribution < 1.29 is 4.74 Å². The zero-order valence-corrected chi connectivity index (χ0v) is 13.1. The van der Waals surface area contributed by atoms with E-state index in [1.165, 1.54) is 5.56 Å². The van der Waals surface area contributed by atoms with Crippen molar-refractivity contribution >= 4 is 15.9 Å². The van der Waals surface area contributed by atoms with E-state index in [9.17, 15) is 0 Å². The molecule has 0 aromatic heterocycles. The fourth-order valence-electron chi connectivity index (χ4n) is 1.73. The first kappa shape index (κ1) is 15.5. The summed E-state index contributed by atoms with van der Waals surface area (Å²) in [5.41, 5.74) is 1.20. The molecule has 102 valence electrons. The quantitative estimate of drug-likeness (QED) is 0.747. The van der Waals surface area contributed by atoms with Gasteiger partial charge in [0.15, 0.2) is 0 Å². The molecular formula is C14H23BrN2O. The highest BCUT2D eigenvalue weighted by atomic mass is 79.9. The molecule has 0 heterocycles. The van der Waals surface area contributed by atoms with Crippen LogP contribution in [-0.2, 0) is 6.54 Å². The van der Waals surface area contributed by atoms with Gasteiger partial charge in [0.05, 0.1) is 6.61 Å². The second-order valence-corrected chi connectivity index (χ2v) is 5.43. The van der Waals surface area contributed by atoms with E-state index in [2.05, 4.69) is 46.3 Å². The monoisotopic (exact) mass is 314 g/mol. The summed E-state index contributed by atoms with van der Waals surface area (Å²) in [5, 5.41) is 3.46. The van der Waals surface area contributed by atoms with Crippen molar-refractivity contribution in [3.63, 3.8) is 0 Å². The molecule has 4 heteroatoms. The van der Waals surface area contributed by atoms with Crippen molar-refractivity contribution in [3.05, 3.63) is 28.2 Å². The molecule has 0 radical (unpaired) electrons. The predicted molar refractivity (Wildman–Crippen MR) is 80.2 cm³/mol. The Bertz CT molecular complexity index is 356. The Labute approximate surface area is 119 Å². The molecule has 3 nitrogen and oxygen atoms in total. The van der Waals surface area contributed by atoms with Crippen molar-refractivity contribution in [2.24, 2.45) is 0 Å². The highest BCUT2D eigenvalue weighted by Crippen LogP contribution is 2.23. The van der Waals surface area contributed by atoms with Gasteiger partial charge in [-0.1, -0.05) is 15.9 Å². The van der Waals surface area contributed by atoms with E-state index in [0.29, 0.717) is 6.61 Å². The van der Waals surface area contributed by atoms with Gasteiger partial charge in [0.25, 0.3) is 0 Å². The summed E-state index contributed by atoms with van der Waals surface area (Å²) in [7, 11) is 4.20. The summed E-state index contributed by atoms with van der Waals surface area (Å²) < 4.78 is 6.71. The van der Waals surface area contributed by atoms with Gasteiger partial charge >= 0.3 is 0 Å². The van der Waals surface area contributed by atoms with Crippen LogP contribution < -0.4 is 10.1 Å². The maximum absolute atomic E-state index is 5.62. The van der Waals surface area contributed by atoms with E-state index in [-0.39, 0.29) is 0 Å². The number of ether oxygens (including phenoxy) is 1. The van der Waals surface area contributed by atoms with Crippen LogP contribution in [0.3, 0.4) is 0 Å². The number of hydrogen-bond donors (Lipinski definition) is 1. The second-order valence-electron chi connectivity index (χ2n) is 4.52. The average molecular weight is 315 g/mol. The molecule has 0 bridgehead atoms. The number of halogens is 1. The lowest BCUT2D eigenvalue weighted by molar-refractivity contribution is 0.335. The molecule has 0 saturated carbocycles. The summed E-state index contributed by atoms with van der Waals surface area (Å²) in [6, 6.07) is 6.15. The van der Waals surface area contributed by atoms with Crippen LogP contribution in [0.1, 0.15) is 18.9 Å². The van der Waals surface area contributed by atoms with Crippen LogP contribution in [0.5, 0.6) is 5.75 Å². The van der Waals surface area contributed by atoms with Gasteiger partial charge in [-0.25, -0.2) is 0 Å². The van der Waals surface area contributed by atoms with Crippen LogP contribution in [0, 0.1) is 0 Å². The third-order valence-electron chi connectivity index (χ3n) is 2.60. The molecule has 0 atom stereocenters. The lowest BCUT2D eigenvalue weighted by Crippen LogP contribution is -2.21. The molecule has 0 spiro atoms. The average Bonchev–Trinajstić information content (AvgIpc) is 2.32. The van der Waals surface area contributed by atoms with Crippen LogP contribution >= 0.6 is 15.9 Å². The van der Waals surface area contributed by atoms with Crippen LogP contribution in [0.25, 0.3) is 0 Å². The van der Waals surface area contributed by atoms with E-state index in [1.807, 2.05) is 19.1 Å². The fraction of sp³-hybridized carbons (Fsp3) is 0.571. The minimum atomic E-state index is 0.704. The normalized spacial score (nSPS) is 10.9. The molecule has 1 aromatic carbocycles. The van der Waals surface area contributed by atoms with E-state index in [1.54, 1.807) is 0 Å². The minimum absolute atomic E-state index is 0.704. The SMILES string of the molecule is CCOc1ccc(Br)cc1CNCCCN(C)C. The molecule has 0 fully saturated rings. The van der Waals surface area contributed by atoms with Crippen molar-refractivity contribution in [1.82, 2.24) is 10.2 Å². The molecular weight excluding hydrogens is 292 g/mol. The van der Waals surface area contributed by atoms with Crippen molar-refractivity contribution in [2.75, 3.05) is 33.8 Å². The Morgan fingerprint density at radius 1 is 1.33 bits per heavy atom. The lowest BCUT2D eigenvalue weighted by Gasteiger charge is -2.13. The molecule has 0 unspecified atom stereocenters. The Morgan fingerprint density at radius 2 is 2.11 bits per heavy atom. The molecule has 0 aliphatic heterocycles. The summed E-state index contributed by atoms with van der Waals surface area (Å²) in [5.74, 6) is 0.973. The van der Waals surface area contributed by atoms with Gasteiger partial charge in [-0.3, -0.25) is 0 Å². The molecule has 0 amide bonds. The van der Waals surface area contributed by atoms with Gasteiger partial charge in [0.1, 0.15) is 5.75 Å². The van der Waals surface area contributed by atoms with Crippen molar-refractivity contribution in [2.45, 2.75) is 19.9 Å². The Morgan fingerprint density at radius 3 is 2.78 bits per heavy atom. The Balaban J connectivity index is 2.42. The van der Waals surface area contributed by atoms with Gasteiger partial charge in [-0.2, -0.15) is 0 Å². The first-order valence-electron chi connectivity index (χ1n) is 6.40. The summed E-state index contributed by atoms with van der Waals surface area (Å²) in [6.45, 7) is 5.70. The topological polar surface area (TPSA) is 24.5 Å². The smallest absolute Gasteiger partial charge is 0.123 e. The molecule has 0 aliphatic rings. The second kappa shape index (κ2) is 8.51. The highest BCUT2D eigenvalue weighted by Gasteiger charge is 2.03. The molecule has 1 N–H and O–H groups in total. The summed E-state index contributed by atoms with van der Waals surface area (Å²) >= 11 is 3.50. The Kier molecular flexibility index (Phi) is 7.32. The number of benzene rings is 1. The zero-order chi connectivity index (χ0) is 13.4. The van der Waals surface area contributed by atoms with Crippen LogP contribution in [0.2, 0.25) is 0 Å². The fourth-order valence-corrected chi connectivity index (χ4v) is 2.13. The summed E-state index contributed by atoms with van der Waals surface area (Å²) in [4.78, 5) is 2.20. The first-order valence-corrected chi connectivity index (χ1v) is 7.19. The maximum Gasteiger partial charge on any atom is 0.123 e. The molecule has 0 aliphatic carbocycles. The third-order valence-corrected chi connectivity index (χ3v) is 3.09. The number of hydrogen-bond acceptors (Lipinski definition) is 3. The van der Waals surface area contributed by atoms with Gasteiger partial charge < -0.3 is 15.0 Å². The largest absolute Gasteiger partial charge is 0.494 e. The lowest BCUT2D eigenvalue weighted by atomic mass is 10.2. The van der Waals surface area contributed by atoms with Crippen molar-refractivity contribution in [3.8, 4) is 5.75 Å². The zero-order valence-electron chi connectivity index (χ0n) is 11.5. The third kappa shape index (κ3) is 5.85. The van der Waals surface area contributed by atoms with Crippen LogP contribution in [-0.4, -0.2) is 38.7 Å². The first-order chi connectivity index (χ1) is 8.63. The molecule has 18 heavy (non-hydrogen) atoms.